The molecular formula is C24H21ClFN5O. The van der Waals surface area contributed by atoms with Gasteiger partial charge >= 0.3 is 0 Å². The molecule has 2 aromatic heterocycles. The highest BCUT2D eigenvalue weighted by Gasteiger charge is 2.19. The Balaban J connectivity index is 1.71. The first-order valence-corrected chi connectivity index (χ1v) is 10.5. The minimum atomic E-state index is -0.344. The van der Waals surface area contributed by atoms with E-state index in [0.717, 1.165) is 11.1 Å². The Bertz CT molecular complexity index is 1240. The number of amides is 1. The summed E-state index contributed by atoms with van der Waals surface area (Å²) in [7, 11) is 1.80. The molecule has 1 unspecified atom stereocenters. The predicted molar refractivity (Wildman–Crippen MR) is 122 cm³/mol. The lowest BCUT2D eigenvalue weighted by Gasteiger charge is -2.17. The van der Waals surface area contributed by atoms with E-state index < -0.39 is 0 Å². The second-order valence-electron chi connectivity index (χ2n) is 7.36. The highest BCUT2D eigenvalue weighted by Crippen LogP contribution is 2.25. The molecule has 0 saturated carbocycles. The van der Waals surface area contributed by atoms with Crippen LogP contribution in [0.15, 0.2) is 67.0 Å². The average molecular weight is 450 g/mol. The fourth-order valence-electron chi connectivity index (χ4n) is 3.35. The van der Waals surface area contributed by atoms with Crippen LogP contribution in [0.25, 0.3) is 22.6 Å². The van der Waals surface area contributed by atoms with E-state index in [2.05, 4.69) is 20.4 Å². The monoisotopic (exact) mass is 449 g/mol. The first-order chi connectivity index (χ1) is 15.4. The van der Waals surface area contributed by atoms with Crippen LogP contribution >= 0.6 is 11.6 Å². The molecule has 0 aliphatic carbocycles. The third kappa shape index (κ3) is 4.84. The maximum atomic E-state index is 13.3. The molecule has 0 spiro atoms. The zero-order chi connectivity index (χ0) is 22.7. The maximum Gasteiger partial charge on any atom is 0.270 e. The Morgan fingerprint density at radius 2 is 1.81 bits per heavy atom. The number of nitrogens with zero attached hydrogens (tertiary/aromatic N) is 4. The summed E-state index contributed by atoms with van der Waals surface area (Å²) in [4.78, 5) is 22.3. The molecular weight excluding hydrogens is 429 g/mol. The van der Waals surface area contributed by atoms with Gasteiger partial charge < -0.3 is 5.32 Å². The third-order valence-electron chi connectivity index (χ3n) is 5.05. The minimum Gasteiger partial charge on any atom is -0.344 e. The fraction of sp³-hybridized carbons (Fsp3) is 0.167. The molecule has 6 nitrogen and oxygen atoms in total. The molecule has 0 radical (unpaired) electrons. The normalized spacial score (nSPS) is 11.9. The Kier molecular flexibility index (Phi) is 6.28. The molecule has 2 aromatic carbocycles. The Labute approximate surface area is 190 Å². The summed E-state index contributed by atoms with van der Waals surface area (Å²) in [6, 6.07) is 14.7. The fourth-order valence-corrected chi connectivity index (χ4v) is 3.47. The quantitative estimate of drug-likeness (QED) is 0.438. The molecule has 8 heteroatoms. The minimum absolute atomic E-state index is 0.226. The standard InChI is InChI=1S/C24H21ClFN5O/c1-3-20(15-6-10-19(26)11-7-15)30-24(32)22-12-21(16-4-8-18(25)9-5-16)28-23(29-22)17-13-27-31(2)14-17/h4-14,20H,3H2,1-2H3,(H,30,32). The number of halogens is 2. The lowest BCUT2D eigenvalue weighted by atomic mass is 10.0. The molecule has 0 bridgehead atoms. The second-order valence-corrected chi connectivity index (χ2v) is 7.79. The Hall–Kier alpha value is -3.58. The van der Waals surface area contributed by atoms with E-state index in [1.165, 1.54) is 12.1 Å². The number of benzene rings is 2. The van der Waals surface area contributed by atoms with E-state index in [0.29, 0.717) is 28.5 Å². The van der Waals surface area contributed by atoms with Crippen molar-refractivity contribution in [3.63, 3.8) is 0 Å². The van der Waals surface area contributed by atoms with Gasteiger partial charge in [-0.25, -0.2) is 14.4 Å². The summed E-state index contributed by atoms with van der Waals surface area (Å²) in [6.07, 6.45) is 4.08. The lowest BCUT2D eigenvalue weighted by Crippen LogP contribution is -2.29. The predicted octanol–water partition coefficient (Wildman–Crippen LogP) is 5.22. The number of hydrogen-bond donors (Lipinski definition) is 1. The van der Waals surface area contributed by atoms with Crippen LogP contribution in [-0.2, 0) is 7.05 Å². The molecule has 0 aliphatic rings. The highest BCUT2D eigenvalue weighted by atomic mass is 35.5. The molecule has 4 aromatic rings. The summed E-state index contributed by atoms with van der Waals surface area (Å²) < 4.78 is 14.9. The van der Waals surface area contributed by atoms with Crippen LogP contribution in [0.4, 0.5) is 4.39 Å². The molecule has 4 rings (SSSR count). The van der Waals surface area contributed by atoms with Crippen molar-refractivity contribution >= 4 is 17.5 Å². The average Bonchev–Trinajstić information content (AvgIpc) is 3.24. The van der Waals surface area contributed by atoms with Gasteiger partial charge in [-0.2, -0.15) is 5.10 Å². The van der Waals surface area contributed by atoms with E-state index in [9.17, 15) is 9.18 Å². The molecule has 32 heavy (non-hydrogen) atoms. The number of aromatic nitrogens is 4. The van der Waals surface area contributed by atoms with Crippen molar-refractivity contribution in [3.05, 3.63) is 89.1 Å². The van der Waals surface area contributed by atoms with Gasteiger partial charge in [-0.15, -0.1) is 0 Å². The van der Waals surface area contributed by atoms with Crippen LogP contribution in [0, 0.1) is 5.82 Å². The molecule has 1 amide bonds. The van der Waals surface area contributed by atoms with Gasteiger partial charge in [0.1, 0.15) is 11.5 Å². The second kappa shape index (κ2) is 9.28. The summed E-state index contributed by atoms with van der Waals surface area (Å²) >= 11 is 6.02. The molecule has 2 heterocycles. The van der Waals surface area contributed by atoms with Crippen molar-refractivity contribution in [2.45, 2.75) is 19.4 Å². The van der Waals surface area contributed by atoms with E-state index in [1.54, 1.807) is 54.5 Å². The van der Waals surface area contributed by atoms with E-state index in [-0.39, 0.29) is 23.5 Å². The zero-order valence-corrected chi connectivity index (χ0v) is 18.3. The van der Waals surface area contributed by atoms with Gasteiger partial charge in [0, 0.05) is 23.8 Å². The van der Waals surface area contributed by atoms with Crippen LogP contribution < -0.4 is 5.32 Å². The van der Waals surface area contributed by atoms with Gasteiger partial charge in [-0.1, -0.05) is 42.8 Å². The van der Waals surface area contributed by atoms with Crippen LogP contribution in [0.1, 0.15) is 35.4 Å². The third-order valence-corrected chi connectivity index (χ3v) is 5.30. The maximum absolute atomic E-state index is 13.3. The Morgan fingerprint density at radius 3 is 2.44 bits per heavy atom. The van der Waals surface area contributed by atoms with E-state index in [1.807, 2.05) is 19.1 Å². The number of carbonyl (C=O) groups excluding carboxylic acids is 1. The van der Waals surface area contributed by atoms with Crippen molar-refractivity contribution in [2.24, 2.45) is 7.05 Å². The van der Waals surface area contributed by atoms with Gasteiger partial charge in [0.15, 0.2) is 5.82 Å². The molecule has 0 aliphatic heterocycles. The smallest absolute Gasteiger partial charge is 0.270 e. The summed E-state index contributed by atoms with van der Waals surface area (Å²) in [5.74, 6) is -0.270. The summed E-state index contributed by atoms with van der Waals surface area (Å²) in [6.45, 7) is 1.95. The van der Waals surface area contributed by atoms with Gasteiger partial charge in [0.05, 0.1) is 23.5 Å². The number of rotatable bonds is 6. The van der Waals surface area contributed by atoms with Crippen molar-refractivity contribution in [1.29, 1.82) is 0 Å². The molecule has 0 fully saturated rings. The van der Waals surface area contributed by atoms with Crippen LogP contribution in [0.3, 0.4) is 0 Å². The van der Waals surface area contributed by atoms with Crippen molar-refractivity contribution in [3.8, 4) is 22.6 Å². The van der Waals surface area contributed by atoms with Crippen molar-refractivity contribution < 1.29 is 9.18 Å². The largest absolute Gasteiger partial charge is 0.344 e. The summed E-state index contributed by atoms with van der Waals surface area (Å²) in [5.41, 5.74) is 3.14. The summed E-state index contributed by atoms with van der Waals surface area (Å²) in [5, 5.41) is 7.78. The number of aryl methyl sites for hydroxylation is 1. The first-order valence-electron chi connectivity index (χ1n) is 10.1. The zero-order valence-electron chi connectivity index (χ0n) is 17.6. The Morgan fingerprint density at radius 1 is 1.09 bits per heavy atom. The number of carbonyl (C=O) groups is 1. The van der Waals surface area contributed by atoms with Crippen LogP contribution in [0.5, 0.6) is 0 Å². The SMILES string of the molecule is CCC(NC(=O)c1cc(-c2ccc(Cl)cc2)nc(-c2cnn(C)c2)n1)c1ccc(F)cc1. The molecule has 0 saturated heterocycles. The molecule has 162 valence electrons. The van der Waals surface area contributed by atoms with E-state index >= 15 is 0 Å². The molecule has 1 atom stereocenters. The first kappa shape index (κ1) is 21.6. The van der Waals surface area contributed by atoms with Gasteiger partial charge in [0.25, 0.3) is 5.91 Å². The number of hydrogen-bond acceptors (Lipinski definition) is 4. The number of nitrogens with one attached hydrogen (secondary N) is 1. The van der Waals surface area contributed by atoms with E-state index in [4.69, 9.17) is 11.6 Å². The van der Waals surface area contributed by atoms with Crippen molar-refractivity contribution in [2.75, 3.05) is 0 Å². The van der Waals surface area contributed by atoms with Crippen molar-refractivity contribution in [1.82, 2.24) is 25.1 Å². The van der Waals surface area contributed by atoms with Crippen LogP contribution in [-0.4, -0.2) is 25.7 Å². The highest BCUT2D eigenvalue weighted by molar-refractivity contribution is 6.30. The van der Waals surface area contributed by atoms with Crippen LogP contribution in [0.2, 0.25) is 5.02 Å². The van der Waals surface area contributed by atoms with Gasteiger partial charge in [-0.05, 0) is 42.3 Å². The van der Waals surface area contributed by atoms with Gasteiger partial charge in [0.2, 0.25) is 0 Å². The van der Waals surface area contributed by atoms with Gasteiger partial charge in [-0.3, -0.25) is 9.48 Å². The lowest BCUT2D eigenvalue weighted by molar-refractivity contribution is 0.0930. The topological polar surface area (TPSA) is 72.7 Å². The molecule has 1 N–H and O–H groups in total.